The summed E-state index contributed by atoms with van der Waals surface area (Å²) in [5, 5.41) is 4.07. The van der Waals surface area contributed by atoms with E-state index in [2.05, 4.69) is 47.1 Å². The molecular formula is C26H32N4O4S. The summed E-state index contributed by atoms with van der Waals surface area (Å²) in [6, 6.07) is 14.9. The van der Waals surface area contributed by atoms with Crippen LogP contribution in [0.15, 0.2) is 53.6 Å². The van der Waals surface area contributed by atoms with Crippen LogP contribution in [0.4, 0.5) is 5.69 Å². The lowest BCUT2D eigenvalue weighted by Gasteiger charge is -2.21. The second kappa shape index (κ2) is 10.8. The lowest BCUT2D eigenvalue weighted by atomic mass is 10.1. The van der Waals surface area contributed by atoms with Crippen molar-refractivity contribution in [2.24, 2.45) is 5.10 Å². The van der Waals surface area contributed by atoms with Gasteiger partial charge < -0.3 is 9.30 Å². The fourth-order valence-corrected chi connectivity index (χ4v) is 4.87. The number of anilines is 1. The molecule has 1 heterocycles. The van der Waals surface area contributed by atoms with Crippen LogP contribution in [0.5, 0.6) is 5.75 Å². The second-order valence-electron chi connectivity index (χ2n) is 8.50. The molecule has 1 aromatic heterocycles. The predicted octanol–water partition coefficient (Wildman–Crippen LogP) is 4.03. The molecule has 0 radical (unpaired) electrons. The Bertz CT molecular complexity index is 1320. The largest absolute Gasteiger partial charge is 0.494 e. The molecule has 8 nitrogen and oxygen atoms in total. The molecule has 0 fully saturated rings. The van der Waals surface area contributed by atoms with Crippen LogP contribution >= 0.6 is 0 Å². The average molecular weight is 497 g/mol. The highest BCUT2D eigenvalue weighted by molar-refractivity contribution is 7.92. The SMILES string of the molecule is CCOc1ccc(N(CC(=O)N/N=C/c2cc(C)n(-c3cc(C)cc(C)c3)c2C)S(C)(=O)=O)cc1. The summed E-state index contributed by atoms with van der Waals surface area (Å²) in [7, 11) is -3.69. The van der Waals surface area contributed by atoms with Gasteiger partial charge in [-0.25, -0.2) is 13.8 Å². The highest BCUT2D eigenvalue weighted by Crippen LogP contribution is 2.23. The molecule has 35 heavy (non-hydrogen) atoms. The van der Waals surface area contributed by atoms with Gasteiger partial charge in [-0.05, 0) is 88.2 Å². The third-order valence-corrected chi connectivity index (χ3v) is 6.59. The number of sulfonamides is 1. The Balaban J connectivity index is 1.73. The molecule has 9 heteroatoms. The summed E-state index contributed by atoms with van der Waals surface area (Å²) < 4.78 is 33.2. The number of nitrogens with one attached hydrogen (secondary N) is 1. The number of hydrogen-bond donors (Lipinski definition) is 1. The third kappa shape index (κ3) is 6.51. The lowest BCUT2D eigenvalue weighted by molar-refractivity contribution is -0.119. The zero-order valence-corrected chi connectivity index (χ0v) is 21.8. The number of aryl methyl sites for hydroxylation is 3. The number of carbonyl (C=O) groups excluding carboxylic acids is 1. The number of aromatic nitrogens is 1. The first-order valence-corrected chi connectivity index (χ1v) is 13.1. The normalized spacial score (nSPS) is 11.6. The highest BCUT2D eigenvalue weighted by atomic mass is 32.2. The van der Waals surface area contributed by atoms with Crippen LogP contribution < -0.4 is 14.5 Å². The van der Waals surface area contributed by atoms with Gasteiger partial charge in [0, 0.05) is 22.6 Å². The molecule has 1 N–H and O–H groups in total. The monoisotopic (exact) mass is 496 g/mol. The fourth-order valence-electron chi connectivity index (χ4n) is 4.01. The summed E-state index contributed by atoms with van der Waals surface area (Å²) >= 11 is 0. The molecule has 0 saturated carbocycles. The quantitative estimate of drug-likeness (QED) is 0.358. The van der Waals surface area contributed by atoms with E-state index in [4.69, 9.17) is 4.74 Å². The number of hydrazone groups is 1. The number of rotatable bonds is 9. The van der Waals surface area contributed by atoms with E-state index in [0.29, 0.717) is 18.0 Å². The van der Waals surface area contributed by atoms with Gasteiger partial charge in [0.05, 0.1) is 24.8 Å². The molecule has 0 aliphatic carbocycles. The van der Waals surface area contributed by atoms with Crippen LogP contribution in [-0.2, 0) is 14.8 Å². The standard InChI is InChI=1S/C26H32N4O4S/c1-7-34-25-10-8-23(9-11-25)29(35(6,32)33)17-26(31)28-27-16-22-15-20(4)30(21(22)5)24-13-18(2)12-19(3)14-24/h8-16H,7,17H2,1-6H3,(H,28,31)/b27-16+. The van der Waals surface area contributed by atoms with E-state index < -0.39 is 22.5 Å². The summed E-state index contributed by atoms with van der Waals surface area (Å²) in [6.07, 6.45) is 2.63. The number of carbonyl (C=O) groups is 1. The highest BCUT2D eigenvalue weighted by Gasteiger charge is 2.21. The molecule has 3 aromatic rings. The molecule has 186 valence electrons. The Labute approximate surface area is 207 Å². The fraction of sp³-hybridized carbons (Fsp3) is 0.308. The van der Waals surface area contributed by atoms with Crippen LogP contribution in [0, 0.1) is 27.7 Å². The maximum atomic E-state index is 12.5. The Hall–Kier alpha value is -3.59. The van der Waals surface area contributed by atoms with Crippen LogP contribution in [0.3, 0.4) is 0 Å². The third-order valence-electron chi connectivity index (χ3n) is 5.45. The Morgan fingerprint density at radius 3 is 2.26 bits per heavy atom. The topological polar surface area (TPSA) is 93.0 Å². The molecule has 0 atom stereocenters. The summed E-state index contributed by atoms with van der Waals surface area (Å²) in [4.78, 5) is 12.5. The molecule has 1 amide bonds. The van der Waals surface area contributed by atoms with Crippen molar-refractivity contribution in [3.8, 4) is 11.4 Å². The average Bonchev–Trinajstić information content (AvgIpc) is 3.04. The molecule has 0 bridgehead atoms. The van der Waals surface area contributed by atoms with Gasteiger partial charge in [-0.1, -0.05) is 6.07 Å². The van der Waals surface area contributed by atoms with E-state index >= 15 is 0 Å². The van der Waals surface area contributed by atoms with E-state index in [1.807, 2.05) is 26.8 Å². The van der Waals surface area contributed by atoms with E-state index in [9.17, 15) is 13.2 Å². The first-order chi connectivity index (χ1) is 16.5. The molecule has 0 aliphatic heterocycles. The van der Waals surface area contributed by atoms with Crippen LogP contribution in [0.1, 0.15) is 35.0 Å². The van der Waals surface area contributed by atoms with Gasteiger partial charge in [-0.3, -0.25) is 9.10 Å². The predicted molar refractivity (Wildman–Crippen MR) is 140 cm³/mol. The van der Waals surface area contributed by atoms with Crippen molar-refractivity contribution in [2.75, 3.05) is 23.7 Å². The summed E-state index contributed by atoms with van der Waals surface area (Å²) in [5.41, 5.74) is 9.11. The Morgan fingerprint density at radius 1 is 1.06 bits per heavy atom. The van der Waals surface area contributed by atoms with Gasteiger partial charge in [0.2, 0.25) is 10.0 Å². The van der Waals surface area contributed by atoms with Gasteiger partial charge in [-0.15, -0.1) is 0 Å². The molecular weight excluding hydrogens is 464 g/mol. The minimum absolute atomic E-state index is 0.368. The number of benzene rings is 2. The maximum Gasteiger partial charge on any atom is 0.260 e. The number of amides is 1. The van der Waals surface area contributed by atoms with Gasteiger partial charge >= 0.3 is 0 Å². The van der Waals surface area contributed by atoms with Crippen LogP contribution in [0.25, 0.3) is 5.69 Å². The molecule has 2 aromatic carbocycles. The molecule has 0 spiro atoms. The van der Waals surface area contributed by atoms with Crippen LogP contribution in [0.2, 0.25) is 0 Å². The zero-order valence-electron chi connectivity index (χ0n) is 21.0. The first kappa shape index (κ1) is 26.0. The summed E-state index contributed by atoms with van der Waals surface area (Å²) in [6.45, 7) is 10.1. The van der Waals surface area contributed by atoms with Crippen molar-refractivity contribution in [3.63, 3.8) is 0 Å². The van der Waals surface area contributed by atoms with Crippen molar-refractivity contribution in [1.29, 1.82) is 0 Å². The summed E-state index contributed by atoms with van der Waals surface area (Å²) in [5.74, 6) is 0.0702. The van der Waals surface area contributed by atoms with Crippen molar-refractivity contribution < 1.29 is 17.9 Å². The second-order valence-corrected chi connectivity index (χ2v) is 10.4. The molecule has 0 aliphatic rings. The van der Waals surface area contributed by atoms with Crippen molar-refractivity contribution >= 4 is 27.8 Å². The Morgan fingerprint density at radius 2 is 1.69 bits per heavy atom. The van der Waals surface area contributed by atoms with Crippen molar-refractivity contribution in [1.82, 2.24) is 9.99 Å². The number of hydrogen-bond acceptors (Lipinski definition) is 5. The smallest absolute Gasteiger partial charge is 0.260 e. The number of nitrogens with zero attached hydrogens (tertiary/aromatic N) is 3. The van der Waals surface area contributed by atoms with E-state index in [-0.39, 0.29) is 0 Å². The zero-order chi connectivity index (χ0) is 25.8. The van der Waals surface area contributed by atoms with E-state index in [1.54, 1.807) is 30.5 Å². The maximum absolute atomic E-state index is 12.5. The molecule has 0 unspecified atom stereocenters. The van der Waals surface area contributed by atoms with Gasteiger partial charge in [0.15, 0.2) is 0 Å². The van der Waals surface area contributed by atoms with E-state index in [1.165, 1.54) is 11.1 Å². The van der Waals surface area contributed by atoms with Crippen LogP contribution in [-0.4, -0.2) is 44.5 Å². The first-order valence-electron chi connectivity index (χ1n) is 11.3. The minimum atomic E-state index is -3.69. The van der Waals surface area contributed by atoms with Gasteiger partial charge in [0.25, 0.3) is 5.91 Å². The van der Waals surface area contributed by atoms with E-state index in [0.717, 1.165) is 33.2 Å². The molecule has 0 saturated heterocycles. The van der Waals surface area contributed by atoms with Gasteiger partial charge in [-0.2, -0.15) is 5.10 Å². The minimum Gasteiger partial charge on any atom is -0.494 e. The molecule has 3 rings (SSSR count). The van der Waals surface area contributed by atoms with Crippen molar-refractivity contribution in [3.05, 3.63) is 76.6 Å². The van der Waals surface area contributed by atoms with Crippen molar-refractivity contribution in [2.45, 2.75) is 34.6 Å². The Kier molecular flexibility index (Phi) is 8.01. The number of ether oxygens (including phenoxy) is 1. The lowest BCUT2D eigenvalue weighted by Crippen LogP contribution is -2.39. The van der Waals surface area contributed by atoms with Gasteiger partial charge in [0.1, 0.15) is 12.3 Å².